The van der Waals surface area contributed by atoms with Gasteiger partial charge < -0.3 is 10.6 Å². The summed E-state index contributed by atoms with van der Waals surface area (Å²) in [5, 5.41) is 0. The molecule has 2 N–H and O–H groups in total. The van der Waals surface area contributed by atoms with Crippen molar-refractivity contribution >= 4 is 38.8 Å². The summed E-state index contributed by atoms with van der Waals surface area (Å²) >= 11 is 8.70. The molecule has 0 aromatic heterocycles. The van der Waals surface area contributed by atoms with Crippen molar-refractivity contribution in [3.63, 3.8) is 0 Å². The zero-order valence-electron chi connectivity index (χ0n) is 11.7. The van der Waals surface area contributed by atoms with Gasteiger partial charge in [-0.2, -0.15) is 0 Å². The summed E-state index contributed by atoms with van der Waals surface area (Å²) in [4.78, 5) is 2.93. The Morgan fingerprint density at radius 3 is 2.68 bits per heavy atom. The second-order valence-corrected chi connectivity index (χ2v) is 7.09. The summed E-state index contributed by atoms with van der Waals surface area (Å²) in [6.07, 6.45) is 1.29. The lowest BCUT2D eigenvalue weighted by Gasteiger charge is -2.43. The molecular formula is C15H21BrN2S. The first-order valence-electron chi connectivity index (χ1n) is 6.76. The van der Waals surface area contributed by atoms with Crippen LogP contribution in [0.25, 0.3) is 0 Å². The van der Waals surface area contributed by atoms with E-state index in [0.29, 0.717) is 22.9 Å². The highest BCUT2D eigenvalue weighted by Crippen LogP contribution is 2.34. The summed E-state index contributed by atoms with van der Waals surface area (Å²) < 4.78 is 1.02. The topological polar surface area (TPSA) is 29.3 Å². The van der Waals surface area contributed by atoms with Crippen molar-refractivity contribution in [3.8, 4) is 0 Å². The molecule has 1 fully saturated rings. The van der Waals surface area contributed by atoms with Gasteiger partial charge in [0.1, 0.15) is 4.99 Å². The molecule has 4 heteroatoms. The minimum Gasteiger partial charge on any atom is -0.389 e. The van der Waals surface area contributed by atoms with Crippen LogP contribution >= 0.6 is 28.1 Å². The van der Waals surface area contributed by atoms with Gasteiger partial charge in [-0.1, -0.05) is 42.0 Å². The molecule has 0 bridgehead atoms. The molecule has 3 atom stereocenters. The molecule has 2 rings (SSSR count). The van der Waals surface area contributed by atoms with E-state index in [1.54, 1.807) is 0 Å². The van der Waals surface area contributed by atoms with Gasteiger partial charge in [-0.05, 0) is 43.4 Å². The van der Waals surface area contributed by atoms with Gasteiger partial charge in [0, 0.05) is 28.3 Å². The predicted octanol–water partition coefficient (Wildman–Crippen LogP) is 3.95. The lowest BCUT2D eigenvalue weighted by Crippen LogP contribution is -2.46. The van der Waals surface area contributed by atoms with E-state index < -0.39 is 0 Å². The average molecular weight is 341 g/mol. The van der Waals surface area contributed by atoms with Gasteiger partial charge >= 0.3 is 0 Å². The second kappa shape index (κ2) is 5.80. The molecule has 1 aromatic rings. The number of nitrogens with zero attached hydrogens (tertiary/aromatic N) is 1. The zero-order valence-corrected chi connectivity index (χ0v) is 14.1. The number of piperidine rings is 1. The average Bonchev–Trinajstić information content (AvgIpc) is 2.34. The maximum absolute atomic E-state index is 5.89. The molecule has 0 spiro atoms. The third-order valence-electron chi connectivity index (χ3n) is 4.13. The molecule has 19 heavy (non-hydrogen) atoms. The Kier molecular flexibility index (Phi) is 4.51. The van der Waals surface area contributed by atoms with Crippen LogP contribution in [0.5, 0.6) is 0 Å². The number of anilines is 1. The van der Waals surface area contributed by atoms with Gasteiger partial charge in [-0.3, -0.25) is 0 Å². The number of nitrogens with two attached hydrogens (primary N) is 1. The van der Waals surface area contributed by atoms with Gasteiger partial charge in [0.2, 0.25) is 0 Å². The molecule has 1 aliphatic heterocycles. The van der Waals surface area contributed by atoms with Crippen LogP contribution < -0.4 is 10.6 Å². The highest BCUT2D eigenvalue weighted by atomic mass is 79.9. The van der Waals surface area contributed by atoms with Crippen molar-refractivity contribution in [1.29, 1.82) is 0 Å². The maximum atomic E-state index is 5.89. The van der Waals surface area contributed by atoms with Gasteiger partial charge in [0.15, 0.2) is 0 Å². The van der Waals surface area contributed by atoms with Crippen molar-refractivity contribution in [2.24, 2.45) is 17.6 Å². The van der Waals surface area contributed by atoms with E-state index in [2.05, 4.69) is 53.7 Å². The van der Waals surface area contributed by atoms with Crippen LogP contribution in [0.15, 0.2) is 22.7 Å². The molecule has 3 unspecified atom stereocenters. The van der Waals surface area contributed by atoms with Crippen molar-refractivity contribution < 1.29 is 0 Å². The molecule has 0 saturated carbocycles. The summed E-state index contributed by atoms with van der Waals surface area (Å²) in [5.74, 6) is 1.39. The Morgan fingerprint density at radius 1 is 1.37 bits per heavy atom. The Morgan fingerprint density at radius 2 is 2.05 bits per heavy atom. The number of thiocarbonyl (C=S) groups is 1. The summed E-state index contributed by atoms with van der Waals surface area (Å²) in [7, 11) is 0. The Balaban J connectivity index is 2.42. The third-order valence-corrected chi connectivity index (χ3v) is 4.84. The quantitative estimate of drug-likeness (QED) is 0.826. The fraction of sp³-hybridized carbons (Fsp3) is 0.533. The van der Waals surface area contributed by atoms with Gasteiger partial charge in [-0.15, -0.1) is 0 Å². The van der Waals surface area contributed by atoms with Gasteiger partial charge in [-0.25, -0.2) is 0 Å². The largest absolute Gasteiger partial charge is 0.389 e. The number of rotatable bonds is 2. The zero-order chi connectivity index (χ0) is 14.2. The highest BCUT2D eigenvalue weighted by Gasteiger charge is 2.30. The lowest BCUT2D eigenvalue weighted by atomic mass is 9.85. The van der Waals surface area contributed by atoms with Crippen LogP contribution in [-0.2, 0) is 0 Å². The van der Waals surface area contributed by atoms with Crippen molar-refractivity contribution in [2.75, 3.05) is 11.4 Å². The molecule has 0 aliphatic carbocycles. The molecule has 1 saturated heterocycles. The number of hydrogen-bond donors (Lipinski definition) is 1. The monoisotopic (exact) mass is 340 g/mol. The van der Waals surface area contributed by atoms with E-state index >= 15 is 0 Å². The summed E-state index contributed by atoms with van der Waals surface area (Å²) in [6.45, 7) is 8.01. The van der Waals surface area contributed by atoms with Crippen LogP contribution in [0.4, 0.5) is 5.69 Å². The fourth-order valence-electron chi connectivity index (χ4n) is 2.99. The van der Waals surface area contributed by atoms with E-state index in [1.807, 2.05) is 6.07 Å². The smallest absolute Gasteiger partial charge is 0.106 e. The predicted molar refractivity (Wildman–Crippen MR) is 89.8 cm³/mol. The van der Waals surface area contributed by atoms with Crippen LogP contribution in [0.1, 0.15) is 32.8 Å². The first-order valence-corrected chi connectivity index (χ1v) is 7.96. The summed E-state index contributed by atoms with van der Waals surface area (Å²) in [6, 6.07) is 6.73. The number of hydrogen-bond acceptors (Lipinski definition) is 2. The minimum atomic E-state index is 0.467. The van der Waals surface area contributed by atoms with Crippen molar-refractivity contribution in [2.45, 2.75) is 33.2 Å². The second-order valence-electron chi connectivity index (χ2n) is 5.74. The standard InChI is InChI=1S/C15H21BrN2S/c1-9-6-10(2)11(3)18(8-9)14-5-4-12(16)7-13(14)15(17)19/h4-5,7,9-11H,6,8H2,1-3H3,(H2,17,19). The SMILES string of the molecule is CC1CC(C)C(C)N(c2ccc(Br)cc2C(N)=S)C1. The molecule has 0 radical (unpaired) electrons. The summed E-state index contributed by atoms with van der Waals surface area (Å²) in [5.41, 5.74) is 8.03. The number of benzene rings is 1. The maximum Gasteiger partial charge on any atom is 0.106 e. The normalized spacial score (nSPS) is 27.4. The van der Waals surface area contributed by atoms with Crippen LogP contribution in [0.3, 0.4) is 0 Å². The van der Waals surface area contributed by atoms with E-state index in [4.69, 9.17) is 18.0 Å². The fourth-order valence-corrected chi connectivity index (χ4v) is 3.51. The first-order chi connectivity index (χ1) is 8.90. The van der Waals surface area contributed by atoms with Crippen LogP contribution in [0, 0.1) is 11.8 Å². The highest BCUT2D eigenvalue weighted by molar-refractivity contribution is 9.10. The van der Waals surface area contributed by atoms with Crippen LogP contribution in [0.2, 0.25) is 0 Å². The molecule has 1 heterocycles. The van der Waals surface area contributed by atoms with Crippen LogP contribution in [-0.4, -0.2) is 17.6 Å². The molecular weight excluding hydrogens is 320 g/mol. The van der Waals surface area contributed by atoms with E-state index in [1.165, 1.54) is 12.1 Å². The Bertz CT molecular complexity index is 489. The molecule has 2 nitrogen and oxygen atoms in total. The van der Waals surface area contributed by atoms with Gasteiger partial charge in [0.25, 0.3) is 0 Å². The van der Waals surface area contributed by atoms with E-state index in [9.17, 15) is 0 Å². The molecule has 0 amide bonds. The van der Waals surface area contributed by atoms with E-state index in [-0.39, 0.29) is 0 Å². The van der Waals surface area contributed by atoms with Crippen molar-refractivity contribution in [1.82, 2.24) is 0 Å². The molecule has 104 valence electrons. The van der Waals surface area contributed by atoms with Crippen molar-refractivity contribution in [3.05, 3.63) is 28.2 Å². The molecule has 1 aliphatic rings. The Labute approximate surface area is 129 Å². The minimum absolute atomic E-state index is 0.467. The Hall–Kier alpha value is -0.610. The third kappa shape index (κ3) is 3.11. The number of halogens is 1. The van der Waals surface area contributed by atoms with E-state index in [0.717, 1.165) is 16.6 Å². The van der Waals surface area contributed by atoms with Gasteiger partial charge in [0.05, 0.1) is 0 Å². The lowest BCUT2D eigenvalue weighted by molar-refractivity contribution is 0.297. The molecule has 1 aromatic carbocycles. The first kappa shape index (κ1) is 14.8.